The van der Waals surface area contributed by atoms with Gasteiger partial charge in [0.25, 0.3) is 0 Å². The molecule has 6 heteroatoms. The molecule has 0 saturated carbocycles. The molecule has 1 saturated heterocycles. The van der Waals surface area contributed by atoms with Gasteiger partial charge in [-0.25, -0.2) is 0 Å². The predicted octanol–water partition coefficient (Wildman–Crippen LogP) is 1.59. The first-order chi connectivity index (χ1) is 10.1. The van der Waals surface area contributed by atoms with E-state index in [0.717, 1.165) is 19.4 Å². The van der Waals surface area contributed by atoms with Crippen LogP contribution in [0.4, 0.5) is 11.4 Å². The summed E-state index contributed by atoms with van der Waals surface area (Å²) in [5.74, 6) is 0.361. The van der Waals surface area contributed by atoms with E-state index in [1.165, 1.54) is 14.0 Å². The summed E-state index contributed by atoms with van der Waals surface area (Å²) in [5.41, 5.74) is 1.25. The summed E-state index contributed by atoms with van der Waals surface area (Å²) in [5, 5.41) is 8.80. The van der Waals surface area contributed by atoms with Gasteiger partial charge in [-0.3, -0.25) is 9.59 Å². The summed E-state index contributed by atoms with van der Waals surface area (Å²) in [7, 11) is 1.53. The number of ether oxygens (including phenoxy) is 1. The number of methoxy groups -OCH3 is 1. The molecule has 1 heterocycles. The van der Waals surface area contributed by atoms with Gasteiger partial charge in [0, 0.05) is 25.2 Å². The van der Waals surface area contributed by atoms with Crippen LogP contribution >= 0.6 is 0 Å². The highest BCUT2D eigenvalue weighted by atomic mass is 16.5. The molecule has 0 aliphatic carbocycles. The summed E-state index contributed by atoms with van der Waals surface area (Å²) in [6.07, 6.45) is 1.92. The molecule has 1 aromatic rings. The number of carbonyl (C=O) groups excluding carboxylic acids is 2. The molecule has 1 aliphatic heterocycles. The largest absolute Gasteiger partial charge is 0.494 e. The van der Waals surface area contributed by atoms with Crippen LogP contribution < -0.4 is 20.7 Å². The van der Waals surface area contributed by atoms with Gasteiger partial charge in [-0.1, -0.05) is 0 Å². The van der Waals surface area contributed by atoms with Crippen molar-refractivity contribution < 1.29 is 14.3 Å². The Morgan fingerprint density at radius 1 is 1.33 bits per heavy atom. The molecule has 1 atom stereocenters. The van der Waals surface area contributed by atoms with Gasteiger partial charge in [0.1, 0.15) is 5.75 Å². The molecule has 1 aliphatic rings. The van der Waals surface area contributed by atoms with E-state index in [2.05, 4.69) is 16.0 Å². The van der Waals surface area contributed by atoms with Crippen LogP contribution in [0.1, 0.15) is 19.8 Å². The van der Waals surface area contributed by atoms with E-state index in [0.29, 0.717) is 23.7 Å². The first-order valence-corrected chi connectivity index (χ1v) is 7.07. The average molecular weight is 291 g/mol. The summed E-state index contributed by atoms with van der Waals surface area (Å²) in [4.78, 5) is 23.3. The van der Waals surface area contributed by atoms with Crippen molar-refractivity contribution in [2.24, 2.45) is 5.92 Å². The van der Waals surface area contributed by atoms with Crippen LogP contribution in [0.15, 0.2) is 18.2 Å². The normalized spacial score (nSPS) is 17.9. The zero-order valence-electron chi connectivity index (χ0n) is 12.4. The number of hydrogen-bond donors (Lipinski definition) is 3. The Bertz CT molecular complexity index is 525. The molecule has 3 N–H and O–H groups in total. The number of carbonyl (C=O) groups is 2. The van der Waals surface area contributed by atoms with Gasteiger partial charge in [-0.2, -0.15) is 0 Å². The van der Waals surface area contributed by atoms with Crippen molar-refractivity contribution in [3.63, 3.8) is 0 Å². The minimum Gasteiger partial charge on any atom is -0.494 e. The topological polar surface area (TPSA) is 79.5 Å². The Balaban J connectivity index is 2.06. The summed E-state index contributed by atoms with van der Waals surface area (Å²) < 4.78 is 5.24. The van der Waals surface area contributed by atoms with E-state index in [9.17, 15) is 9.59 Å². The first-order valence-electron chi connectivity index (χ1n) is 7.07. The number of amides is 2. The minimum atomic E-state index is -0.168. The lowest BCUT2D eigenvalue weighted by molar-refractivity contribution is -0.120. The van der Waals surface area contributed by atoms with Crippen molar-refractivity contribution >= 4 is 23.2 Å². The minimum absolute atomic E-state index is 0.000217. The van der Waals surface area contributed by atoms with Crippen molar-refractivity contribution in [3.8, 4) is 5.75 Å². The van der Waals surface area contributed by atoms with Gasteiger partial charge in [0.05, 0.1) is 18.7 Å². The van der Waals surface area contributed by atoms with Crippen molar-refractivity contribution in [2.45, 2.75) is 19.8 Å². The Morgan fingerprint density at radius 2 is 2.14 bits per heavy atom. The maximum absolute atomic E-state index is 12.2. The Kier molecular flexibility index (Phi) is 5.16. The molecule has 0 radical (unpaired) electrons. The Hall–Kier alpha value is -2.08. The lowest BCUT2D eigenvalue weighted by atomic mass is 9.99. The fourth-order valence-corrected chi connectivity index (χ4v) is 2.38. The van der Waals surface area contributed by atoms with Crippen molar-refractivity contribution in [2.75, 3.05) is 30.8 Å². The third kappa shape index (κ3) is 4.19. The number of piperidine rings is 1. The number of nitrogens with one attached hydrogen (secondary N) is 3. The maximum Gasteiger partial charge on any atom is 0.228 e. The third-order valence-corrected chi connectivity index (χ3v) is 3.45. The molecule has 2 amide bonds. The summed E-state index contributed by atoms with van der Waals surface area (Å²) in [6.45, 7) is 3.13. The van der Waals surface area contributed by atoms with E-state index >= 15 is 0 Å². The zero-order valence-corrected chi connectivity index (χ0v) is 12.4. The quantitative estimate of drug-likeness (QED) is 0.787. The smallest absolute Gasteiger partial charge is 0.228 e. The molecular formula is C15H21N3O3. The van der Waals surface area contributed by atoms with Crippen molar-refractivity contribution in [1.29, 1.82) is 0 Å². The lowest BCUT2D eigenvalue weighted by Crippen LogP contribution is -2.37. The van der Waals surface area contributed by atoms with Gasteiger partial charge in [0.2, 0.25) is 11.8 Å². The maximum atomic E-state index is 12.2. The second-order valence-electron chi connectivity index (χ2n) is 5.13. The molecule has 6 nitrogen and oxygen atoms in total. The average Bonchev–Trinajstić information content (AvgIpc) is 2.49. The van der Waals surface area contributed by atoms with Crippen LogP contribution in [0.3, 0.4) is 0 Å². The molecule has 0 aromatic heterocycles. The number of anilines is 2. The second kappa shape index (κ2) is 7.08. The number of hydrogen-bond acceptors (Lipinski definition) is 4. The molecule has 0 unspecified atom stereocenters. The molecule has 2 rings (SSSR count). The summed E-state index contributed by atoms with van der Waals surface area (Å²) >= 11 is 0. The van der Waals surface area contributed by atoms with Gasteiger partial charge in [0.15, 0.2) is 0 Å². The molecule has 0 spiro atoms. The summed E-state index contributed by atoms with van der Waals surface area (Å²) in [6, 6.07) is 5.18. The second-order valence-corrected chi connectivity index (χ2v) is 5.13. The Morgan fingerprint density at radius 3 is 2.76 bits per heavy atom. The SMILES string of the molecule is COc1cc(NC(=O)[C@@H]2CCCNC2)ccc1NC(C)=O. The highest BCUT2D eigenvalue weighted by molar-refractivity contribution is 5.94. The van der Waals surface area contributed by atoms with Crippen LogP contribution in [0.5, 0.6) is 5.75 Å². The standard InChI is InChI=1S/C15H21N3O3/c1-10(19)17-13-6-5-12(8-14(13)21-2)18-15(20)11-4-3-7-16-9-11/h5-6,8,11,16H,3-4,7,9H2,1-2H3,(H,17,19)(H,18,20)/t11-/m1/s1. The Labute approximate surface area is 124 Å². The third-order valence-electron chi connectivity index (χ3n) is 3.45. The number of benzene rings is 1. The van der Waals surface area contributed by atoms with Crippen LogP contribution in [-0.4, -0.2) is 32.0 Å². The molecular weight excluding hydrogens is 270 g/mol. The van der Waals surface area contributed by atoms with E-state index in [1.54, 1.807) is 18.2 Å². The van der Waals surface area contributed by atoms with Crippen LogP contribution in [0, 0.1) is 5.92 Å². The molecule has 1 aromatic carbocycles. The number of rotatable bonds is 4. The van der Waals surface area contributed by atoms with E-state index in [4.69, 9.17) is 4.74 Å². The van der Waals surface area contributed by atoms with Gasteiger partial charge in [-0.05, 0) is 31.5 Å². The van der Waals surface area contributed by atoms with Crippen LogP contribution in [-0.2, 0) is 9.59 Å². The molecule has 0 bridgehead atoms. The molecule has 1 fully saturated rings. The molecule has 114 valence electrons. The van der Waals surface area contributed by atoms with E-state index < -0.39 is 0 Å². The van der Waals surface area contributed by atoms with Crippen LogP contribution in [0.2, 0.25) is 0 Å². The van der Waals surface area contributed by atoms with Crippen LogP contribution in [0.25, 0.3) is 0 Å². The van der Waals surface area contributed by atoms with Gasteiger partial charge in [-0.15, -0.1) is 0 Å². The monoisotopic (exact) mass is 291 g/mol. The first kappa shape index (κ1) is 15.3. The fourth-order valence-electron chi connectivity index (χ4n) is 2.38. The van der Waals surface area contributed by atoms with E-state index in [-0.39, 0.29) is 17.7 Å². The van der Waals surface area contributed by atoms with E-state index in [1.807, 2.05) is 0 Å². The van der Waals surface area contributed by atoms with Crippen molar-refractivity contribution in [1.82, 2.24) is 5.32 Å². The fraction of sp³-hybridized carbons (Fsp3) is 0.467. The predicted molar refractivity (Wildman–Crippen MR) is 81.5 cm³/mol. The lowest BCUT2D eigenvalue weighted by Gasteiger charge is -2.22. The highest BCUT2D eigenvalue weighted by Gasteiger charge is 2.21. The zero-order chi connectivity index (χ0) is 15.2. The van der Waals surface area contributed by atoms with Gasteiger partial charge < -0.3 is 20.7 Å². The van der Waals surface area contributed by atoms with Gasteiger partial charge >= 0.3 is 0 Å². The van der Waals surface area contributed by atoms with Crippen molar-refractivity contribution in [3.05, 3.63) is 18.2 Å². The highest BCUT2D eigenvalue weighted by Crippen LogP contribution is 2.28. The molecule has 21 heavy (non-hydrogen) atoms.